The fraction of sp³-hybridized carbons (Fsp3) is 0.389. The largest absolute Gasteiger partial charge is 0.361 e. The third-order valence-corrected chi connectivity index (χ3v) is 4.29. The van der Waals surface area contributed by atoms with E-state index in [0.29, 0.717) is 6.04 Å². The molecule has 2 aromatic heterocycles. The molecule has 0 saturated heterocycles. The number of para-hydroxylation sites is 1. The van der Waals surface area contributed by atoms with Crippen molar-refractivity contribution in [1.82, 2.24) is 19.9 Å². The molecule has 0 amide bonds. The average Bonchev–Trinajstić information content (AvgIpc) is 3.12. The van der Waals surface area contributed by atoms with Crippen LogP contribution in [-0.4, -0.2) is 27.1 Å². The van der Waals surface area contributed by atoms with Crippen molar-refractivity contribution in [2.45, 2.75) is 39.3 Å². The number of hydrogen-bond acceptors (Lipinski definition) is 2. The number of nitrogens with zero attached hydrogens (tertiary/aromatic N) is 2. The minimum Gasteiger partial charge on any atom is -0.361 e. The van der Waals surface area contributed by atoms with Crippen LogP contribution in [0.4, 0.5) is 0 Å². The van der Waals surface area contributed by atoms with Crippen LogP contribution < -0.4 is 5.32 Å². The third-order valence-electron chi connectivity index (χ3n) is 4.29. The minimum absolute atomic E-state index is 0.512. The van der Waals surface area contributed by atoms with Crippen LogP contribution in [0.25, 0.3) is 10.9 Å². The first-order chi connectivity index (χ1) is 10.7. The van der Waals surface area contributed by atoms with E-state index in [9.17, 15) is 0 Å². The zero-order chi connectivity index (χ0) is 15.4. The second kappa shape index (κ2) is 6.79. The number of aryl methyl sites for hydroxylation is 2. The highest BCUT2D eigenvalue weighted by molar-refractivity contribution is 5.82. The van der Waals surface area contributed by atoms with Gasteiger partial charge in [0.25, 0.3) is 0 Å². The number of fused-ring (bicyclic) bond motifs is 1. The molecule has 0 aliphatic rings. The van der Waals surface area contributed by atoms with Crippen LogP contribution in [0, 0.1) is 6.92 Å². The number of imidazole rings is 1. The summed E-state index contributed by atoms with van der Waals surface area (Å²) >= 11 is 0. The SMILES string of the molecule is Cc1nccn1CCN[C@H](C)CCc1c[nH]c2ccccc12. The Labute approximate surface area is 131 Å². The molecule has 0 radical (unpaired) electrons. The Balaban J connectivity index is 1.46. The van der Waals surface area contributed by atoms with Gasteiger partial charge in [-0.3, -0.25) is 0 Å². The first-order valence-corrected chi connectivity index (χ1v) is 8.00. The van der Waals surface area contributed by atoms with Crippen molar-refractivity contribution >= 4 is 10.9 Å². The van der Waals surface area contributed by atoms with E-state index >= 15 is 0 Å². The number of benzene rings is 1. The highest BCUT2D eigenvalue weighted by atomic mass is 15.1. The Morgan fingerprint density at radius 1 is 1.32 bits per heavy atom. The van der Waals surface area contributed by atoms with Crippen molar-refractivity contribution < 1.29 is 0 Å². The molecule has 0 saturated carbocycles. The molecule has 2 heterocycles. The summed E-state index contributed by atoms with van der Waals surface area (Å²) in [6, 6.07) is 9.02. The molecule has 0 bridgehead atoms. The van der Waals surface area contributed by atoms with E-state index in [4.69, 9.17) is 0 Å². The maximum atomic E-state index is 4.25. The third kappa shape index (κ3) is 3.39. The van der Waals surface area contributed by atoms with Crippen LogP contribution in [0.15, 0.2) is 42.9 Å². The van der Waals surface area contributed by atoms with Crippen molar-refractivity contribution in [2.75, 3.05) is 6.54 Å². The second-order valence-corrected chi connectivity index (χ2v) is 5.92. The fourth-order valence-corrected chi connectivity index (χ4v) is 2.88. The highest BCUT2D eigenvalue weighted by Gasteiger charge is 2.06. The Morgan fingerprint density at radius 3 is 3.00 bits per heavy atom. The summed E-state index contributed by atoms with van der Waals surface area (Å²) in [7, 11) is 0. The van der Waals surface area contributed by atoms with Gasteiger partial charge in [0.2, 0.25) is 0 Å². The molecule has 0 fully saturated rings. The molecule has 116 valence electrons. The van der Waals surface area contributed by atoms with Crippen molar-refractivity contribution in [3.05, 3.63) is 54.2 Å². The van der Waals surface area contributed by atoms with E-state index in [1.807, 2.05) is 19.3 Å². The second-order valence-electron chi connectivity index (χ2n) is 5.92. The van der Waals surface area contributed by atoms with Gasteiger partial charge in [-0.15, -0.1) is 0 Å². The zero-order valence-corrected chi connectivity index (χ0v) is 13.3. The Morgan fingerprint density at radius 2 is 2.18 bits per heavy atom. The molecular formula is C18H24N4. The summed E-state index contributed by atoms with van der Waals surface area (Å²) < 4.78 is 2.18. The van der Waals surface area contributed by atoms with Gasteiger partial charge in [0, 0.05) is 48.6 Å². The van der Waals surface area contributed by atoms with Crippen LogP contribution in [0.3, 0.4) is 0 Å². The molecule has 1 aromatic carbocycles. The predicted octanol–water partition coefficient (Wildman–Crippen LogP) is 3.28. The molecule has 0 spiro atoms. The molecule has 4 nitrogen and oxygen atoms in total. The van der Waals surface area contributed by atoms with Gasteiger partial charge in [-0.2, -0.15) is 0 Å². The average molecular weight is 296 g/mol. The standard InChI is InChI=1S/C18H24N4/c1-14(19-9-11-22-12-10-20-15(22)2)7-8-16-13-21-18-6-4-3-5-17(16)18/h3-6,10,12-14,19,21H,7-9,11H2,1-2H3/t14-/m1/s1. The lowest BCUT2D eigenvalue weighted by Crippen LogP contribution is -2.29. The molecule has 0 aliphatic heterocycles. The first kappa shape index (κ1) is 14.9. The zero-order valence-electron chi connectivity index (χ0n) is 13.3. The fourth-order valence-electron chi connectivity index (χ4n) is 2.88. The van der Waals surface area contributed by atoms with Crippen LogP contribution in [0.5, 0.6) is 0 Å². The molecule has 0 aliphatic carbocycles. The molecule has 1 atom stereocenters. The number of aromatic amines is 1. The Hall–Kier alpha value is -2.07. The first-order valence-electron chi connectivity index (χ1n) is 8.00. The maximum absolute atomic E-state index is 4.25. The summed E-state index contributed by atoms with van der Waals surface area (Å²) in [5.74, 6) is 1.08. The lowest BCUT2D eigenvalue weighted by atomic mass is 10.1. The van der Waals surface area contributed by atoms with Gasteiger partial charge in [-0.25, -0.2) is 4.98 Å². The normalized spacial score (nSPS) is 12.8. The Kier molecular flexibility index (Phi) is 4.59. The van der Waals surface area contributed by atoms with Crippen molar-refractivity contribution in [3.63, 3.8) is 0 Å². The topological polar surface area (TPSA) is 45.6 Å². The minimum atomic E-state index is 0.512. The molecule has 22 heavy (non-hydrogen) atoms. The highest BCUT2D eigenvalue weighted by Crippen LogP contribution is 2.19. The van der Waals surface area contributed by atoms with Crippen LogP contribution in [0.1, 0.15) is 24.7 Å². The summed E-state index contributed by atoms with van der Waals surface area (Å²) in [4.78, 5) is 7.59. The molecule has 4 heteroatoms. The number of rotatable bonds is 7. The van der Waals surface area contributed by atoms with Crippen LogP contribution >= 0.6 is 0 Å². The number of H-pyrrole nitrogens is 1. The van der Waals surface area contributed by atoms with E-state index < -0.39 is 0 Å². The van der Waals surface area contributed by atoms with Gasteiger partial charge in [0.05, 0.1) is 0 Å². The van der Waals surface area contributed by atoms with Crippen LogP contribution in [0.2, 0.25) is 0 Å². The lowest BCUT2D eigenvalue weighted by molar-refractivity contribution is 0.487. The lowest BCUT2D eigenvalue weighted by Gasteiger charge is -2.14. The van der Waals surface area contributed by atoms with Gasteiger partial charge < -0.3 is 14.9 Å². The molecular weight excluding hydrogens is 272 g/mol. The number of nitrogens with one attached hydrogen (secondary N) is 2. The summed E-state index contributed by atoms with van der Waals surface area (Å²) in [5.41, 5.74) is 2.64. The summed E-state index contributed by atoms with van der Waals surface area (Å²) in [5, 5.41) is 4.95. The monoisotopic (exact) mass is 296 g/mol. The molecule has 3 aromatic rings. The van der Waals surface area contributed by atoms with Gasteiger partial charge in [-0.05, 0) is 38.3 Å². The van der Waals surface area contributed by atoms with E-state index in [0.717, 1.165) is 31.8 Å². The summed E-state index contributed by atoms with van der Waals surface area (Å²) in [6.07, 6.45) is 8.28. The summed E-state index contributed by atoms with van der Waals surface area (Å²) in [6.45, 7) is 6.26. The van der Waals surface area contributed by atoms with Crippen molar-refractivity contribution in [1.29, 1.82) is 0 Å². The van der Waals surface area contributed by atoms with Gasteiger partial charge in [0.15, 0.2) is 0 Å². The molecule has 0 unspecified atom stereocenters. The van der Waals surface area contributed by atoms with Crippen LogP contribution in [-0.2, 0) is 13.0 Å². The van der Waals surface area contributed by atoms with Gasteiger partial charge in [-0.1, -0.05) is 18.2 Å². The van der Waals surface area contributed by atoms with Crippen molar-refractivity contribution in [3.8, 4) is 0 Å². The number of hydrogen-bond donors (Lipinski definition) is 2. The van der Waals surface area contributed by atoms with E-state index in [-0.39, 0.29) is 0 Å². The van der Waals surface area contributed by atoms with E-state index in [1.54, 1.807) is 0 Å². The van der Waals surface area contributed by atoms with Gasteiger partial charge in [0.1, 0.15) is 5.82 Å². The Bertz CT molecular complexity index is 725. The number of aromatic nitrogens is 3. The maximum Gasteiger partial charge on any atom is 0.105 e. The molecule has 2 N–H and O–H groups in total. The van der Waals surface area contributed by atoms with Crippen molar-refractivity contribution in [2.24, 2.45) is 0 Å². The predicted molar refractivity (Wildman–Crippen MR) is 91.0 cm³/mol. The smallest absolute Gasteiger partial charge is 0.105 e. The van der Waals surface area contributed by atoms with Gasteiger partial charge >= 0.3 is 0 Å². The van der Waals surface area contributed by atoms with E-state index in [2.05, 4.69) is 57.2 Å². The van der Waals surface area contributed by atoms with E-state index in [1.165, 1.54) is 16.5 Å². The molecule has 3 rings (SSSR count). The quantitative estimate of drug-likeness (QED) is 0.703.